The highest BCUT2D eigenvalue weighted by molar-refractivity contribution is 5.72. The van der Waals surface area contributed by atoms with Crippen molar-refractivity contribution in [3.8, 4) is 23.0 Å². The predicted molar refractivity (Wildman–Crippen MR) is 80.7 cm³/mol. The molecule has 2 aromatic heterocycles. The van der Waals surface area contributed by atoms with Gasteiger partial charge >= 0.3 is 0 Å². The number of rotatable bonds is 2. The van der Waals surface area contributed by atoms with E-state index in [2.05, 4.69) is 16.0 Å². The summed E-state index contributed by atoms with van der Waals surface area (Å²) in [5.41, 5.74) is 9.88. The Kier molecular flexibility index (Phi) is 3.13. The monoisotopic (exact) mass is 275 g/mol. The van der Waals surface area contributed by atoms with Gasteiger partial charge in [-0.2, -0.15) is 5.26 Å². The molecule has 0 spiro atoms. The van der Waals surface area contributed by atoms with Crippen LogP contribution < -0.4 is 5.73 Å². The molecule has 0 atom stereocenters. The molecule has 102 valence electrons. The summed E-state index contributed by atoms with van der Waals surface area (Å²) in [7, 11) is 0. The molecule has 1 aromatic carbocycles. The van der Waals surface area contributed by atoms with E-state index in [0.29, 0.717) is 11.4 Å². The molecule has 2 N–H and O–H groups in total. The van der Waals surface area contributed by atoms with Crippen molar-refractivity contribution in [2.24, 2.45) is 0 Å². The zero-order valence-electron chi connectivity index (χ0n) is 11.5. The van der Waals surface area contributed by atoms with Crippen LogP contribution in [-0.2, 0) is 0 Å². The van der Waals surface area contributed by atoms with Gasteiger partial charge in [0.1, 0.15) is 11.9 Å². The van der Waals surface area contributed by atoms with Crippen LogP contribution in [0.25, 0.3) is 16.9 Å². The molecule has 0 aliphatic rings. The number of pyridine rings is 1. The predicted octanol–water partition coefficient (Wildman–Crippen LogP) is 2.70. The molecule has 0 radical (unpaired) electrons. The third-order valence-corrected chi connectivity index (χ3v) is 3.38. The van der Waals surface area contributed by atoms with Crippen LogP contribution in [0.4, 0.5) is 5.82 Å². The zero-order chi connectivity index (χ0) is 14.8. The quantitative estimate of drug-likeness (QED) is 0.779. The maximum atomic E-state index is 9.39. The molecule has 0 bridgehead atoms. The molecule has 3 rings (SSSR count). The third-order valence-electron chi connectivity index (χ3n) is 3.38. The molecule has 0 amide bonds. The molecule has 2 heterocycles. The van der Waals surface area contributed by atoms with E-state index in [-0.39, 0.29) is 0 Å². The van der Waals surface area contributed by atoms with Crippen LogP contribution in [-0.4, -0.2) is 14.5 Å². The molecular formula is C16H13N5. The highest BCUT2D eigenvalue weighted by Gasteiger charge is 2.13. The number of anilines is 1. The molecule has 0 aliphatic carbocycles. The average Bonchev–Trinajstić information content (AvgIpc) is 2.96. The standard InChI is InChI=1S/C16H13N5/c1-11-4-2-6-14(13(11)8-17)21-10-19-9-15(21)12-5-3-7-20-16(12)18/h2-7,9-10H,1H3,(H2,18,20). The lowest BCUT2D eigenvalue weighted by Gasteiger charge is -2.12. The second kappa shape index (κ2) is 5.10. The number of imidazole rings is 1. The maximum Gasteiger partial charge on any atom is 0.132 e. The number of nitrogens with two attached hydrogens (primary N) is 1. The lowest BCUT2D eigenvalue weighted by atomic mass is 10.1. The van der Waals surface area contributed by atoms with E-state index in [1.54, 1.807) is 18.7 Å². The maximum absolute atomic E-state index is 9.39. The minimum Gasteiger partial charge on any atom is -0.383 e. The van der Waals surface area contributed by atoms with Crippen molar-refractivity contribution in [2.45, 2.75) is 6.92 Å². The summed E-state index contributed by atoms with van der Waals surface area (Å²) in [6.07, 6.45) is 5.04. The SMILES string of the molecule is Cc1cccc(-n2cncc2-c2cccnc2N)c1C#N. The van der Waals surface area contributed by atoms with Crippen LogP contribution in [0.3, 0.4) is 0 Å². The Balaban J connectivity index is 2.24. The van der Waals surface area contributed by atoms with Crippen molar-refractivity contribution < 1.29 is 0 Å². The van der Waals surface area contributed by atoms with Gasteiger partial charge in [-0.15, -0.1) is 0 Å². The molecule has 0 unspecified atom stereocenters. The van der Waals surface area contributed by atoms with Gasteiger partial charge in [-0.1, -0.05) is 12.1 Å². The highest BCUT2D eigenvalue weighted by atomic mass is 15.1. The van der Waals surface area contributed by atoms with E-state index in [1.165, 1.54) is 0 Å². The minimum absolute atomic E-state index is 0.436. The number of hydrogen-bond donors (Lipinski definition) is 1. The zero-order valence-corrected chi connectivity index (χ0v) is 11.5. The van der Waals surface area contributed by atoms with Crippen molar-refractivity contribution >= 4 is 5.82 Å². The van der Waals surface area contributed by atoms with E-state index in [0.717, 1.165) is 22.5 Å². The Bertz CT molecular complexity index is 842. The Morgan fingerprint density at radius 3 is 2.86 bits per heavy atom. The normalized spacial score (nSPS) is 10.3. The average molecular weight is 275 g/mol. The second-order valence-electron chi connectivity index (χ2n) is 4.67. The van der Waals surface area contributed by atoms with Gasteiger partial charge in [-0.05, 0) is 30.7 Å². The number of aromatic nitrogens is 3. The first-order valence-electron chi connectivity index (χ1n) is 6.45. The topological polar surface area (TPSA) is 80.5 Å². The van der Waals surface area contributed by atoms with E-state index < -0.39 is 0 Å². The molecule has 5 heteroatoms. The number of aryl methyl sites for hydroxylation is 1. The second-order valence-corrected chi connectivity index (χ2v) is 4.67. The smallest absolute Gasteiger partial charge is 0.132 e. The van der Waals surface area contributed by atoms with Crippen LogP contribution in [0.1, 0.15) is 11.1 Å². The van der Waals surface area contributed by atoms with E-state index >= 15 is 0 Å². The first-order valence-corrected chi connectivity index (χ1v) is 6.45. The number of hydrogen-bond acceptors (Lipinski definition) is 4. The summed E-state index contributed by atoms with van der Waals surface area (Å²) in [6, 6.07) is 11.7. The fraction of sp³-hybridized carbons (Fsp3) is 0.0625. The van der Waals surface area contributed by atoms with Crippen molar-refractivity contribution in [1.82, 2.24) is 14.5 Å². The Labute approximate surface area is 122 Å². The highest BCUT2D eigenvalue weighted by Crippen LogP contribution is 2.28. The first kappa shape index (κ1) is 12.9. The molecule has 0 fully saturated rings. The van der Waals surface area contributed by atoms with Crippen LogP contribution in [0.2, 0.25) is 0 Å². The van der Waals surface area contributed by atoms with Gasteiger partial charge in [0.25, 0.3) is 0 Å². The number of nitriles is 1. The molecule has 21 heavy (non-hydrogen) atoms. The lowest BCUT2D eigenvalue weighted by Crippen LogP contribution is -2.02. The number of benzene rings is 1. The largest absolute Gasteiger partial charge is 0.383 e. The van der Waals surface area contributed by atoms with Crippen molar-refractivity contribution in [3.05, 3.63) is 60.2 Å². The van der Waals surface area contributed by atoms with Crippen molar-refractivity contribution in [3.63, 3.8) is 0 Å². The summed E-state index contributed by atoms with van der Waals surface area (Å²) >= 11 is 0. The number of nitrogen functional groups attached to an aromatic ring is 1. The number of nitrogens with zero attached hydrogens (tertiary/aromatic N) is 4. The summed E-state index contributed by atoms with van der Waals surface area (Å²) in [6.45, 7) is 1.91. The van der Waals surface area contributed by atoms with Crippen LogP contribution >= 0.6 is 0 Å². The van der Waals surface area contributed by atoms with Gasteiger partial charge in [0, 0.05) is 11.8 Å². The Hall–Kier alpha value is -3.13. The summed E-state index contributed by atoms with van der Waals surface area (Å²) in [4.78, 5) is 8.29. The summed E-state index contributed by atoms with van der Waals surface area (Å²) in [5, 5.41) is 9.39. The molecule has 3 aromatic rings. The Morgan fingerprint density at radius 2 is 2.10 bits per heavy atom. The fourth-order valence-corrected chi connectivity index (χ4v) is 2.32. The third kappa shape index (κ3) is 2.13. The molecule has 0 aliphatic heterocycles. The van der Waals surface area contributed by atoms with Crippen LogP contribution in [0.5, 0.6) is 0 Å². The van der Waals surface area contributed by atoms with E-state index in [4.69, 9.17) is 5.73 Å². The van der Waals surface area contributed by atoms with Gasteiger partial charge < -0.3 is 5.73 Å². The molecular weight excluding hydrogens is 262 g/mol. The summed E-state index contributed by atoms with van der Waals surface area (Å²) < 4.78 is 1.86. The van der Waals surface area contributed by atoms with Gasteiger partial charge in [0.05, 0.1) is 29.5 Å². The van der Waals surface area contributed by atoms with Gasteiger partial charge in [0.15, 0.2) is 0 Å². The summed E-state index contributed by atoms with van der Waals surface area (Å²) in [5.74, 6) is 0.436. The van der Waals surface area contributed by atoms with Crippen molar-refractivity contribution in [1.29, 1.82) is 5.26 Å². The van der Waals surface area contributed by atoms with Crippen LogP contribution in [0, 0.1) is 18.3 Å². The van der Waals surface area contributed by atoms with E-state index in [1.807, 2.05) is 41.8 Å². The lowest BCUT2D eigenvalue weighted by molar-refractivity contribution is 1.05. The van der Waals surface area contributed by atoms with Gasteiger partial charge in [-0.25, -0.2) is 9.97 Å². The van der Waals surface area contributed by atoms with Crippen LogP contribution in [0.15, 0.2) is 49.1 Å². The molecule has 0 saturated carbocycles. The van der Waals surface area contributed by atoms with E-state index in [9.17, 15) is 5.26 Å². The molecule has 0 saturated heterocycles. The molecule has 5 nitrogen and oxygen atoms in total. The van der Waals surface area contributed by atoms with Crippen molar-refractivity contribution in [2.75, 3.05) is 5.73 Å². The van der Waals surface area contributed by atoms with Gasteiger partial charge in [0.2, 0.25) is 0 Å². The first-order chi connectivity index (χ1) is 10.2. The van der Waals surface area contributed by atoms with Gasteiger partial charge in [-0.3, -0.25) is 4.57 Å². The minimum atomic E-state index is 0.436. The fourth-order valence-electron chi connectivity index (χ4n) is 2.32. The Morgan fingerprint density at radius 1 is 1.24 bits per heavy atom.